The van der Waals surface area contributed by atoms with Crippen molar-refractivity contribution in [1.29, 1.82) is 0 Å². The fraction of sp³-hybridized carbons (Fsp3) is 0.188. The van der Waals surface area contributed by atoms with E-state index in [0.29, 0.717) is 17.9 Å². The van der Waals surface area contributed by atoms with Crippen LogP contribution < -0.4 is 5.32 Å². The summed E-state index contributed by atoms with van der Waals surface area (Å²) in [5.74, 6) is 0.372. The molecule has 0 spiro atoms. The molecule has 0 radical (unpaired) electrons. The number of nitrogens with one attached hydrogen (secondary N) is 1. The van der Waals surface area contributed by atoms with Gasteiger partial charge in [-0.1, -0.05) is 25.1 Å². The molecule has 0 saturated heterocycles. The third-order valence-corrected chi connectivity index (χ3v) is 3.25. The molecule has 1 N–H and O–H groups in total. The van der Waals surface area contributed by atoms with Gasteiger partial charge in [-0.3, -0.25) is 4.98 Å². The molecule has 2 heterocycles. The molecular formula is C16H15FN2O. The first-order valence-electron chi connectivity index (χ1n) is 6.61. The number of furan rings is 1. The number of benzene rings is 1. The van der Waals surface area contributed by atoms with Crippen molar-refractivity contribution in [2.24, 2.45) is 0 Å². The van der Waals surface area contributed by atoms with Gasteiger partial charge >= 0.3 is 0 Å². The van der Waals surface area contributed by atoms with Crippen LogP contribution in [0.15, 0.2) is 53.2 Å². The topological polar surface area (TPSA) is 38.1 Å². The highest BCUT2D eigenvalue weighted by atomic mass is 19.1. The SMILES string of the molecule is CCNC(c1cc2ccccc2o1)c1ccncc1F. The van der Waals surface area contributed by atoms with Crippen LogP contribution in [0.25, 0.3) is 11.0 Å². The lowest BCUT2D eigenvalue weighted by Gasteiger charge is -2.16. The van der Waals surface area contributed by atoms with Gasteiger partial charge in [0.2, 0.25) is 0 Å². The number of fused-ring (bicyclic) bond motifs is 1. The first-order chi connectivity index (χ1) is 9.79. The maximum Gasteiger partial charge on any atom is 0.146 e. The molecule has 20 heavy (non-hydrogen) atoms. The predicted octanol–water partition coefficient (Wildman–Crippen LogP) is 3.67. The fourth-order valence-corrected chi connectivity index (χ4v) is 2.33. The van der Waals surface area contributed by atoms with Crippen molar-refractivity contribution < 1.29 is 8.81 Å². The highest BCUT2D eigenvalue weighted by Crippen LogP contribution is 2.29. The quantitative estimate of drug-likeness (QED) is 0.786. The maximum atomic E-state index is 14.0. The van der Waals surface area contributed by atoms with E-state index < -0.39 is 0 Å². The molecule has 1 atom stereocenters. The van der Waals surface area contributed by atoms with Gasteiger partial charge in [0, 0.05) is 17.1 Å². The highest BCUT2D eigenvalue weighted by Gasteiger charge is 2.20. The van der Waals surface area contributed by atoms with Gasteiger partial charge in [-0.15, -0.1) is 0 Å². The van der Waals surface area contributed by atoms with Gasteiger partial charge in [-0.05, 0) is 24.7 Å². The van der Waals surface area contributed by atoms with Gasteiger partial charge in [0.05, 0.1) is 12.2 Å². The molecule has 3 aromatic rings. The first kappa shape index (κ1) is 12.8. The number of para-hydroxylation sites is 1. The van der Waals surface area contributed by atoms with E-state index >= 15 is 0 Å². The van der Waals surface area contributed by atoms with Gasteiger partial charge in [-0.25, -0.2) is 4.39 Å². The monoisotopic (exact) mass is 270 g/mol. The van der Waals surface area contributed by atoms with Crippen LogP contribution in [0.1, 0.15) is 24.3 Å². The molecule has 0 bridgehead atoms. The number of hydrogen-bond donors (Lipinski definition) is 1. The van der Waals surface area contributed by atoms with Crippen LogP contribution >= 0.6 is 0 Å². The standard InChI is InChI=1S/C16H15FN2O/c1-2-19-16(12-7-8-18-10-13(12)17)15-9-11-5-3-4-6-14(11)20-15/h3-10,16,19H,2H2,1H3. The molecule has 2 aromatic heterocycles. The molecule has 1 aromatic carbocycles. The minimum atomic E-state index is -0.334. The van der Waals surface area contributed by atoms with E-state index in [-0.39, 0.29) is 11.9 Å². The second kappa shape index (κ2) is 5.43. The van der Waals surface area contributed by atoms with Crippen LogP contribution in [0.2, 0.25) is 0 Å². The third kappa shape index (κ3) is 2.30. The van der Waals surface area contributed by atoms with E-state index in [2.05, 4.69) is 10.3 Å². The number of hydrogen-bond acceptors (Lipinski definition) is 3. The summed E-state index contributed by atoms with van der Waals surface area (Å²) >= 11 is 0. The second-order valence-electron chi connectivity index (χ2n) is 4.57. The fourth-order valence-electron chi connectivity index (χ4n) is 2.33. The average Bonchev–Trinajstić information content (AvgIpc) is 2.89. The molecule has 102 valence electrons. The van der Waals surface area contributed by atoms with E-state index in [1.165, 1.54) is 6.20 Å². The third-order valence-electron chi connectivity index (χ3n) is 3.25. The average molecular weight is 270 g/mol. The lowest BCUT2D eigenvalue weighted by molar-refractivity contribution is 0.461. The summed E-state index contributed by atoms with van der Waals surface area (Å²) in [5, 5.41) is 4.27. The van der Waals surface area contributed by atoms with E-state index in [1.807, 2.05) is 37.3 Å². The lowest BCUT2D eigenvalue weighted by Crippen LogP contribution is -2.22. The number of halogens is 1. The molecule has 0 aliphatic heterocycles. The molecule has 0 aliphatic carbocycles. The summed E-state index contributed by atoms with van der Waals surface area (Å²) < 4.78 is 19.8. The zero-order valence-electron chi connectivity index (χ0n) is 11.1. The van der Waals surface area contributed by atoms with Crippen LogP contribution in [0.3, 0.4) is 0 Å². The Bertz CT molecular complexity index is 690. The van der Waals surface area contributed by atoms with Crippen molar-refractivity contribution in [3.8, 4) is 0 Å². The Kier molecular flexibility index (Phi) is 3.48. The van der Waals surface area contributed by atoms with Crippen LogP contribution in [0, 0.1) is 5.82 Å². The van der Waals surface area contributed by atoms with E-state index in [0.717, 1.165) is 11.0 Å². The molecule has 0 amide bonds. The van der Waals surface area contributed by atoms with E-state index in [1.54, 1.807) is 12.3 Å². The minimum Gasteiger partial charge on any atom is -0.459 e. The van der Waals surface area contributed by atoms with Crippen molar-refractivity contribution in [2.75, 3.05) is 6.54 Å². The summed E-state index contributed by atoms with van der Waals surface area (Å²) in [6.07, 6.45) is 2.81. The Morgan fingerprint density at radius 1 is 1.30 bits per heavy atom. The molecule has 0 aliphatic rings. The summed E-state index contributed by atoms with van der Waals surface area (Å²) in [4.78, 5) is 3.79. The minimum absolute atomic E-state index is 0.310. The van der Waals surface area contributed by atoms with Gasteiger partial charge in [-0.2, -0.15) is 0 Å². The van der Waals surface area contributed by atoms with Crippen LogP contribution in [0.4, 0.5) is 4.39 Å². The first-order valence-corrected chi connectivity index (χ1v) is 6.61. The Balaban J connectivity index is 2.08. The van der Waals surface area contributed by atoms with Crippen LogP contribution in [0.5, 0.6) is 0 Å². The molecule has 0 saturated carbocycles. The highest BCUT2D eigenvalue weighted by molar-refractivity contribution is 5.77. The number of pyridine rings is 1. The molecule has 4 heteroatoms. The zero-order chi connectivity index (χ0) is 13.9. The Hall–Kier alpha value is -2.20. The van der Waals surface area contributed by atoms with E-state index in [9.17, 15) is 4.39 Å². The number of nitrogens with zero attached hydrogens (tertiary/aromatic N) is 1. The zero-order valence-corrected chi connectivity index (χ0v) is 11.1. The van der Waals surface area contributed by atoms with Crippen molar-refractivity contribution >= 4 is 11.0 Å². The summed E-state index contributed by atoms with van der Waals surface area (Å²) in [6.45, 7) is 2.69. The molecule has 1 unspecified atom stereocenters. The maximum absolute atomic E-state index is 14.0. The van der Waals surface area contributed by atoms with Crippen molar-refractivity contribution in [3.05, 3.63) is 65.9 Å². The summed E-state index contributed by atoms with van der Waals surface area (Å²) in [5.41, 5.74) is 1.35. The lowest BCUT2D eigenvalue weighted by atomic mass is 10.1. The molecule has 0 fully saturated rings. The van der Waals surface area contributed by atoms with Crippen molar-refractivity contribution in [3.63, 3.8) is 0 Å². The van der Waals surface area contributed by atoms with Gasteiger partial charge in [0.15, 0.2) is 0 Å². The van der Waals surface area contributed by atoms with Gasteiger partial charge in [0.1, 0.15) is 17.2 Å². The largest absolute Gasteiger partial charge is 0.459 e. The summed E-state index contributed by atoms with van der Waals surface area (Å²) in [6, 6.07) is 11.1. The molecular weight excluding hydrogens is 255 g/mol. The molecule has 3 rings (SSSR count). The number of aromatic nitrogens is 1. The van der Waals surface area contributed by atoms with Gasteiger partial charge in [0.25, 0.3) is 0 Å². The second-order valence-corrected chi connectivity index (χ2v) is 4.57. The normalized spacial score (nSPS) is 12.7. The van der Waals surface area contributed by atoms with E-state index in [4.69, 9.17) is 4.42 Å². The predicted molar refractivity (Wildman–Crippen MR) is 75.9 cm³/mol. The van der Waals surface area contributed by atoms with Crippen LogP contribution in [-0.4, -0.2) is 11.5 Å². The number of rotatable bonds is 4. The Labute approximate surface area is 116 Å². The Morgan fingerprint density at radius 3 is 2.90 bits per heavy atom. The van der Waals surface area contributed by atoms with Crippen LogP contribution in [-0.2, 0) is 0 Å². The molecule has 3 nitrogen and oxygen atoms in total. The summed E-state index contributed by atoms with van der Waals surface area (Å²) in [7, 11) is 0. The Morgan fingerprint density at radius 2 is 2.15 bits per heavy atom. The van der Waals surface area contributed by atoms with Gasteiger partial charge < -0.3 is 9.73 Å². The van der Waals surface area contributed by atoms with Crippen molar-refractivity contribution in [2.45, 2.75) is 13.0 Å². The van der Waals surface area contributed by atoms with Crippen molar-refractivity contribution in [1.82, 2.24) is 10.3 Å². The smallest absolute Gasteiger partial charge is 0.146 e.